The quantitative estimate of drug-likeness (QED) is 0.0781. The van der Waals surface area contributed by atoms with Crippen LogP contribution in [-0.4, -0.2) is 60.9 Å². The molecule has 11 heteroatoms. The molecule has 6 rings (SSSR count). The van der Waals surface area contributed by atoms with Crippen molar-refractivity contribution < 1.29 is 23.4 Å². The minimum atomic E-state index is -2.21. The van der Waals surface area contributed by atoms with Crippen LogP contribution in [0.25, 0.3) is 11.2 Å². The zero-order valence-corrected chi connectivity index (χ0v) is 30.3. The summed E-state index contributed by atoms with van der Waals surface area (Å²) < 4.78 is 34.2. The molecule has 3 atom stereocenters. The van der Waals surface area contributed by atoms with E-state index < -0.39 is 26.3 Å². The van der Waals surface area contributed by atoms with Crippen LogP contribution in [0, 0.1) is 0 Å². The average molecular weight is 687 g/mol. The van der Waals surface area contributed by atoms with Gasteiger partial charge >= 0.3 is 0 Å². The van der Waals surface area contributed by atoms with E-state index in [9.17, 15) is 0 Å². The topological polar surface area (TPSA) is 89.8 Å². The van der Waals surface area contributed by atoms with Crippen LogP contribution in [0.4, 0.5) is 0 Å². The molecular weight excluding hydrogens is 644 g/mol. The van der Waals surface area contributed by atoms with Gasteiger partial charge in [-0.2, -0.15) is 0 Å². The fourth-order valence-electron chi connectivity index (χ4n) is 6.02. The molecule has 0 bridgehead atoms. The monoisotopic (exact) mass is 686 g/mol. The van der Waals surface area contributed by atoms with Gasteiger partial charge in [0.25, 0.3) is 0 Å². The Hall–Kier alpha value is -3.80. The Morgan fingerprint density at radius 2 is 1.42 bits per heavy atom. The van der Waals surface area contributed by atoms with Crippen LogP contribution < -0.4 is 9.47 Å². The highest BCUT2D eigenvalue weighted by atomic mass is 35.5. The predicted molar refractivity (Wildman–Crippen MR) is 189 cm³/mol. The van der Waals surface area contributed by atoms with Gasteiger partial charge in [-0.25, -0.2) is 15.0 Å². The fourth-order valence-corrected chi connectivity index (χ4v) is 7.55. The second-order valence-electron chi connectivity index (χ2n) is 13.6. The largest absolute Gasteiger partial charge is 0.497 e. The molecule has 252 valence electrons. The molecule has 0 spiro atoms. The van der Waals surface area contributed by atoms with E-state index in [4.69, 9.17) is 35.0 Å². The minimum Gasteiger partial charge on any atom is -0.497 e. The highest BCUT2D eigenvalue weighted by Gasteiger charge is 2.47. The Balaban J connectivity index is 1.43. The van der Waals surface area contributed by atoms with E-state index in [1.54, 1.807) is 20.5 Å². The van der Waals surface area contributed by atoms with E-state index in [2.05, 4.69) is 85.2 Å². The van der Waals surface area contributed by atoms with Crippen LogP contribution in [0.2, 0.25) is 23.3 Å². The highest BCUT2D eigenvalue weighted by molar-refractivity contribution is 6.74. The number of halogens is 1. The fraction of sp³-hybridized carbons (Fsp3) is 0.378. The van der Waals surface area contributed by atoms with Gasteiger partial charge in [-0.05, 0) is 59.1 Å². The number of imidazole rings is 1. The zero-order valence-electron chi connectivity index (χ0n) is 28.5. The molecule has 0 radical (unpaired) electrons. The smallest absolute Gasteiger partial charge is 0.192 e. The third kappa shape index (κ3) is 6.47. The lowest BCUT2D eigenvalue weighted by atomic mass is 9.80. The summed E-state index contributed by atoms with van der Waals surface area (Å²) >= 11 is 6.36. The van der Waals surface area contributed by atoms with Crippen molar-refractivity contribution in [2.45, 2.75) is 69.4 Å². The SMILES string of the molecule is COc1ccc(C(OC[C@H]2O[C@@H](n3cnc4c(Cl)ncnc43)C[C@@H]2O[Si](C)(C)C(C)(C)C)(c2ccccc2)c2ccc(OC)cc2)cc1. The van der Waals surface area contributed by atoms with Gasteiger partial charge in [-0.15, -0.1) is 0 Å². The standard InChI is InChI=1S/C37H43ClN4O5Si/c1-36(2,3)48(6,7)47-30-21-32(42-24-41-33-34(38)39-23-40-35(33)42)46-31(30)22-45-37(25-11-9-8-10-12-25,26-13-17-28(43-4)18-14-26)27-15-19-29(44-5)20-16-27/h8-20,23-24,30-32H,21-22H2,1-7H3/t30-,31+,32+/m0/s1. The number of fused-ring (bicyclic) bond motifs is 1. The van der Waals surface area contributed by atoms with Gasteiger partial charge in [0.15, 0.2) is 19.1 Å². The third-order valence-electron chi connectivity index (χ3n) is 9.69. The molecule has 0 saturated carbocycles. The molecule has 3 heterocycles. The van der Waals surface area contributed by atoms with Crippen molar-refractivity contribution in [2.24, 2.45) is 0 Å². The number of benzene rings is 3. The lowest BCUT2D eigenvalue weighted by molar-refractivity contribution is -0.0914. The molecule has 48 heavy (non-hydrogen) atoms. The lowest BCUT2D eigenvalue weighted by Gasteiger charge is -2.40. The number of hydrogen-bond acceptors (Lipinski definition) is 8. The van der Waals surface area contributed by atoms with Gasteiger partial charge in [0.2, 0.25) is 0 Å². The predicted octanol–water partition coefficient (Wildman–Crippen LogP) is 8.18. The first-order valence-electron chi connectivity index (χ1n) is 16.1. The Morgan fingerprint density at radius 3 is 1.98 bits per heavy atom. The molecule has 2 aromatic heterocycles. The van der Waals surface area contributed by atoms with Crippen molar-refractivity contribution in [3.8, 4) is 11.5 Å². The van der Waals surface area contributed by atoms with Crippen molar-refractivity contribution in [3.05, 3.63) is 113 Å². The van der Waals surface area contributed by atoms with Crippen LogP contribution in [0.3, 0.4) is 0 Å². The maximum atomic E-state index is 7.28. The summed E-state index contributed by atoms with van der Waals surface area (Å²) in [6.45, 7) is 11.5. The van der Waals surface area contributed by atoms with E-state index >= 15 is 0 Å². The van der Waals surface area contributed by atoms with Crippen LogP contribution >= 0.6 is 11.6 Å². The first-order chi connectivity index (χ1) is 23.0. The van der Waals surface area contributed by atoms with E-state index in [0.717, 1.165) is 28.2 Å². The van der Waals surface area contributed by atoms with E-state index in [0.29, 0.717) is 22.7 Å². The first kappa shape index (κ1) is 34.1. The molecule has 1 saturated heterocycles. The second kappa shape index (κ2) is 13.6. The molecule has 0 N–H and O–H groups in total. The Kier molecular flexibility index (Phi) is 9.66. The molecule has 1 fully saturated rings. The third-order valence-corrected chi connectivity index (χ3v) is 14.5. The maximum absolute atomic E-state index is 7.28. The Bertz CT molecular complexity index is 1780. The lowest BCUT2D eigenvalue weighted by Crippen LogP contribution is -2.47. The minimum absolute atomic E-state index is 0.00106. The molecule has 5 aromatic rings. The van der Waals surface area contributed by atoms with Crippen LogP contribution in [0.15, 0.2) is 91.5 Å². The number of nitrogens with zero attached hydrogens (tertiary/aromatic N) is 4. The van der Waals surface area contributed by atoms with Crippen molar-refractivity contribution in [3.63, 3.8) is 0 Å². The van der Waals surface area contributed by atoms with Gasteiger partial charge in [0.05, 0.1) is 33.3 Å². The van der Waals surface area contributed by atoms with Gasteiger partial charge in [0, 0.05) is 6.42 Å². The van der Waals surface area contributed by atoms with Gasteiger partial charge in [-0.3, -0.25) is 4.57 Å². The summed E-state index contributed by atoms with van der Waals surface area (Å²) in [6.07, 6.45) is 2.71. The Morgan fingerprint density at radius 1 is 0.833 bits per heavy atom. The molecular formula is C37H43ClN4O5Si. The molecule has 1 aliphatic rings. The van der Waals surface area contributed by atoms with Gasteiger partial charge < -0.3 is 23.4 Å². The van der Waals surface area contributed by atoms with Crippen molar-refractivity contribution >= 4 is 31.1 Å². The van der Waals surface area contributed by atoms with Gasteiger partial charge in [-0.1, -0.05) is 87.0 Å². The van der Waals surface area contributed by atoms with Crippen LogP contribution in [0.5, 0.6) is 11.5 Å². The number of aromatic nitrogens is 4. The normalized spacial score (nSPS) is 18.7. The van der Waals surface area contributed by atoms with E-state index in [1.807, 2.05) is 47.0 Å². The van der Waals surface area contributed by atoms with E-state index in [1.165, 1.54) is 6.33 Å². The summed E-state index contributed by atoms with van der Waals surface area (Å²) in [6, 6.07) is 26.3. The second-order valence-corrected chi connectivity index (χ2v) is 18.7. The summed E-state index contributed by atoms with van der Waals surface area (Å²) in [4.78, 5) is 13.1. The van der Waals surface area contributed by atoms with Crippen molar-refractivity contribution in [2.75, 3.05) is 20.8 Å². The summed E-state index contributed by atoms with van der Waals surface area (Å²) in [5.74, 6) is 1.52. The molecule has 9 nitrogen and oxygen atoms in total. The van der Waals surface area contributed by atoms with E-state index in [-0.39, 0.29) is 17.7 Å². The van der Waals surface area contributed by atoms with Gasteiger partial charge in [0.1, 0.15) is 41.3 Å². The first-order valence-corrected chi connectivity index (χ1v) is 19.4. The highest BCUT2D eigenvalue weighted by Crippen LogP contribution is 2.45. The number of ether oxygens (including phenoxy) is 4. The average Bonchev–Trinajstić information content (AvgIpc) is 3.70. The molecule has 0 unspecified atom stereocenters. The molecule has 1 aliphatic heterocycles. The van der Waals surface area contributed by atoms with Crippen molar-refractivity contribution in [1.82, 2.24) is 19.5 Å². The summed E-state index contributed by atoms with van der Waals surface area (Å²) in [5.41, 5.74) is 3.02. The summed E-state index contributed by atoms with van der Waals surface area (Å²) in [7, 11) is 1.12. The molecule has 3 aromatic carbocycles. The maximum Gasteiger partial charge on any atom is 0.192 e. The van der Waals surface area contributed by atoms with Crippen LogP contribution in [-0.2, 0) is 19.5 Å². The van der Waals surface area contributed by atoms with Crippen LogP contribution in [0.1, 0.15) is 50.1 Å². The molecule has 0 amide bonds. The Labute approximate surface area is 288 Å². The zero-order chi connectivity index (χ0) is 34.1. The number of hydrogen-bond donors (Lipinski definition) is 0. The number of rotatable bonds is 11. The number of methoxy groups -OCH3 is 2. The molecule has 0 aliphatic carbocycles. The summed E-state index contributed by atoms with van der Waals surface area (Å²) in [5, 5.41) is 0.302. The van der Waals surface area contributed by atoms with Crippen molar-refractivity contribution in [1.29, 1.82) is 0 Å².